The SMILES string of the molecule is COc1nc(-c2cccc(-c3cccc(Nc4nc(C)nc5c4c(=O)n(C)c(=O)n5C)c3Cl)c2Cl)cc2c1[C@@H](N1CC[C@@]3(CNC(=O)N3)C1)CC2. The van der Waals surface area contributed by atoms with E-state index < -0.39 is 11.2 Å². The molecular formula is C36H35Cl2N9O4. The third-order valence-corrected chi connectivity index (χ3v) is 11.2. The number of aromatic nitrogens is 5. The number of likely N-dealkylation sites (tertiary alicyclic amines) is 1. The third kappa shape index (κ3) is 5.42. The van der Waals surface area contributed by atoms with Crippen LogP contribution in [0.4, 0.5) is 16.3 Å². The van der Waals surface area contributed by atoms with E-state index in [1.54, 1.807) is 27.1 Å². The van der Waals surface area contributed by atoms with Crippen molar-refractivity contribution < 1.29 is 9.53 Å². The minimum absolute atomic E-state index is 0.105. The first kappa shape index (κ1) is 33.2. The highest BCUT2D eigenvalue weighted by molar-refractivity contribution is 6.39. The van der Waals surface area contributed by atoms with Gasteiger partial charge in [-0.2, -0.15) is 0 Å². The molecule has 2 fully saturated rings. The van der Waals surface area contributed by atoms with Crippen LogP contribution in [-0.4, -0.2) is 67.3 Å². The fourth-order valence-electron chi connectivity index (χ4n) is 7.80. The van der Waals surface area contributed by atoms with Crippen molar-refractivity contribution in [2.24, 2.45) is 14.1 Å². The van der Waals surface area contributed by atoms with Crippen LogP contribution in [0, 0.1) is 6.92 Å². The van der Waals surface area contributed by atoms with Crippen LogP contribution in [-0.2, 0) is 20.5 Å². The molecular weight excluding hydrogens is 693 g/mol. The molecule has 2 aliphatic heterocycles. The second-order valence-corrected chi connectivity index (χ2v) is 14.2. The number of carbonyl (C=O) groups excluding carboxylic acids is 1. The number of anilines is 2. The van der Waals surface area contributed by atoms with Gasteiger partial charge in [0.1, 0.15) is 17.0 Å². The number of fused-ring (bicyclic) bond motifs is 2. The molecule has 2 aromatic carbocycles. The Hall–Kier alpha value is -4.98. The van der Waals surface area contributed by atoms with Crippen LogP contribution in [0.5, 0.6) is 5.88 Å². The number of nitrogens with zero attached hydrogens (tertiary/aromatic N) is 6. The van der Waals surface area contributed by atoms with E-state index in [0.29, 0.717) is 50.8 Å². The zero-order valence-corrected chi connectivity index (χ0v) is 29.9. The number of pyridine rings is 1. The molecule has 3 aromatic heterocycles. The molecule has 13 nitrogen and oxygen atoms in total. The molecule has 5 aromatic rings. The highest BCUT2D eigenvalue weighted by atomic mass is 35.5. The number of urea groups is 1. The maximum atomic E-state index is 13.2. The Morgan fingerprint density at radius 2 is 1.73 bits per heavy atom. The normalized spacial score (nSPS) is 19.8. The predicted octanol–water partition coefficient (Wildman–Crippen LogP) is 4.87. The molecule has 51 heavy (non-hydrogen) atoms. The number of hydrogen-bond acceptors (Lipinski definition) is 9. The van der Waals surface area contributed by atoms with Crippen molar-refractivity contribution in [2.75, 3.05) is 32.1 Å². The Bertz CT molecular complexity index is 2410. The zero-order chi connectivity index (χ0) is 35.8. The lowest BCUT2D eigenvalue weighted by Crippen LogP contribution is -2.46. The molecule has 5 heterocycles. The van der Waals surface area contributed by atoms with Crippen LogP contribution in [0.25, 0.3) is 33.4 Å². The van der Waals surface area contributed by atoms with Crippen LogP contribution >= 0.6 is 23.2 Å². The van der Waals surface area contributed by atoms with Crippen LogP contribution < -0.4 is 31.9 Å². The Balaban J connectivity index is 1.14. The van der Waals surface area contributed by atoms with Gasteiger partial charge in [-0.05, 0) is 43.9 Å². The van der Waals surface area contributed by atoms with Crippen LogP contribution in [0.1, 0.15) is 35.8 Å². The first-order chi connectivity index (χ1) is 24.5. The Morgan fingerprint density at radius 1 is 0.980 bits per heavy atom. The standard InChI is InChI=1S/C36H35Cl2N9O4/c1-18-40-30(27-31(41-18)45(2)35(50)46(3)33(27)48)42-23-10-6-8-21(29(23)38)20-7-5-9-22(28(20)37)24-15-19-11-12-25(26(19)32(43-24)51-4)47-14-13-36(17-47)16-39-34(49)44-36/h5-10,15,25H,11-14,16-17H2,1-4H3,(H2,39,44,49)(H,40,41,42)/t25-,36+/m0/s1. The molecule has 0 saturated carbocycles. The summed E-state index contributed by atoms with van der Waals surface area (Å²) in [5.41, 5.74) is 4.50. The van der Waals surface area contributed by atoms with Gasteiger partial charge in [-0.1, -0.05) is 53.5 Å². The molecule has 8 rings (SSSR count). The Kier molecular flexibility index (Phi) is 8.04. The average molecular weight is 729 g/mol. The van der Waals surface area contributed by atoms with Crippen molar-refractivity contribution in [1.82, 2.24) is 39.6 Å². The maximum Gasteiger partial charge on any atom is 0.332 e. The maximum absolute atomic E-state index is 13.2. The molecule has 0 radical (unpaired) electrons. The fraction of sp³-hybridized carbons (Fsp3) is 0.333. The first-order valence-corrected chi connectivity index (χ1v) is 17.4. The third-order valence-electron chi connectivity index (χ3n) is 10.3. The van der Waals surface area contributed by atoms with Gasteiger partial charge in [0, 0.05) is 62.0 Å². The predicted molar refractivity (Wildman–Crippen MR) is 196 cm³/mol. The summed E-state index contributed by atoms with van der Waals surface area (Å²) in [7, 11) is 4.62. The lowest BCUT2D eigenvalue weighted by molar-refractivity contribution is 0.219. The molecule has 2 amide bonds. The minimum Gasteiger partial charge on any atom is -0.481 e. The van der Waals surface area contributed by atoms with Gasteiger partial charge in [-0.3, -0.25) is 18.8 Å². The fourth-order valence-corrected chi connectivity index (χ4v) is 8.40. The van der Waals surface area contributed by atoms with E-state index in [1.807, 2.05) is 30.3 Å². The molecule has 0 unspecified atom stereocenters. The summed E-state index contributed by atoms with van der Waals surface area (Å²) < 4.78 is 8.25. The number of hydrogen-bond donors (Lipinski definition) is 3. The van der Waals surface area contributed by atoms with Gasteiger partial charge in [0.15, 0.2) is 5.65 Å². The van der Waals surface area contributed by atoms with Crippen LogP contribution in [0.2, 0.25) is 10.0 Å². The molecule has 2 atom stereocenters. The molecule has 2 saturated heterocycles. The topological polar surface area (TPSA) is 148 Å². The highest BCUT2D eigenvalue weighted by Gasteiger charge is 2.46. The molecule has 262 valence electrons. The number of methoxy groups -OCH3 is 1. The quantitative estimate of drug-likeness (QED) is 0.223. The van der Waals surface area contributed by atoms with Gasteiger partial charge < -0.3 is 20.7 Å². The van der Waals surface area contributed by atoms with E-state index in [-0.39, 0.29) is 34.5 Å². The van der Waals surface area contributed by atoms with E-state index >= 15 is 0 Å². The highest BCUT2D eigenvalue weighted by Crippen LogP contribution is 2.47. The van der Waals surface area contributed by atoms with E-state index in [1.165, 1.54) is 11.6 Å². The number of amides is 2. The number of aryl methyl sites for hydroxylation is 3. The van der Waals surface area contributed by atoms with Gasteiger partial charge in [0.05, 0.1) is 34.1 Å². The summed E-state index contributed by atoms with van der Waals surface area (Å²) in [5.74, 6) is 1.18. The smallest absolute Gasteiger partial charge is 0.332 e. The monoisotopic (exact) mass is 727 g/mol. The molecule has 3 N–H and O–H groups in total. The second kappa shape index (κ2) is 12.4. The number of carbonyl (C=O) groups is 1. The summed E-state index contributed by atoms with van der Waals surface area (Å²) >= 11 is 14.3. The molecule has 15 heteroatoms. The largest absolute Gasteiger partial charge is 0.481 e. The lowest BCUT2D eigenvalue weighted by Gasteiger charge is -2.28. The molecule has 0 bridgehead atoms. The van der Waals surface area contributed by atoms with E-state index in [9.17, 15) is 14.4 Å². The summed E-state index contributed by atoms with van der Waals surface area (Å²) in [6, 6.07) is 13.4. The van der Waals surface area contributed by atoms with Gasteiger partial charge >= 0.3 is 11.7 Å². The average Bonchev–Trinajstić information content (AvgIpc) is 3.84. The first-order valence-electron chi connectivity index (χ1n) is 16.7. The summed E-state index contributed by atoms with van der Waals surface area (Å²) in [5, 5.41) is 10.3. The van der Waals surface area contributed by atoms with Crippen LogP contribution in [0.15, 0.2) is 52.1 Å². The summed E-state index contributed by atoms with van der Waals surface area (Å²) in [6.07, 6.45) is 2.69. The molecule has 3 aliphatic rings. The van der Waals surface area contributed by atoms with Crippen LogP contribution in [0.3, 0.4) is 0 Å². The van der Waals surface area contributed by atoms with Gasteiger partial charge in [0.2, 0.25) is 5.88 Å². The number of ether oxygens (including phenoxy) is 1. The second-order valence-electron chi connectivity index (χ2n) is 13.4. The van der Waals surface area contributed by atoms with Crippen molar-refractivity contribution >= 4 is 51.8 Å². The number of halogens is 2. The van der Waals surface area contributed by atoms with Gasteiger partial charge in [-0.25, -0.2) is 24.5 Å². The number of nitrogens with one attached hydrogen (secondary N) is 3. The number of benzene rings is 2. The summed E-state index contributed by atoms with van der Waals surface area (Å²) in [6.45, 7) is 3.97. The zero-order valence-electron chi connectivity index (χ0n) is 28.4. The molecule has 1 spiro atoms. The van der Waals surface area contributed by atoms with E-state index in [4.69, 9.17) is 32.9 Å². The number of rotatable bonds is 6. The van der Waals surface area contributed by atoms with E-state index in [0.717, 1.165) is 53.6 Å². The Labute approximate surface area is 302 Å². The van der Waals surface area contributed by atoms with Crippen molar-refractivity contribution in [2.45, 2.75) is 37.8 Å². The molecule has 1 aliphatic carbocycles. The van der Waals surface area contributed by atoms with Crippen molar-refractivity contribution in [3.05, 3.63) is 90.3 Å². The summed E-state index contributed by atoms with van der Waals surface area (Å²) in [4.78, 5) is 54.0. The van der Waals surface area contributed by atoms with Crippen molar-refractivity contribution in [3.63, 3.8) is 0 Å². The van der Waals surface area contributed by atoms with Crippen molar-refractivity contribution in [3.8, 4) is 28.3 Å². The Morgan fingerprint density at radius 3 is 2.47 bits per heavy atom. The lowest BCUT2D eigenvalue weighted by atomic mass is 9.99. The van der Waals surface area contributed by atoms with Gasteiger partial charge in [-0.15, -0.1) is 0 Å². The van der Waals surface area contributed by atoms with Crippen molar-refractivity contribution in [1.29, 1.82) is 0 Å². The van der Waals surface area contributed by atoms with Gasteiger partial charge in [0.25, 0.3) is 5.56 Å². The minimum atomic E-state index is -0.522. The van der Waals surface area contributed by atoms with E-state index in [2.05, 4.69) is 36.9 Å².